The zero-order chi connectivity index (χ0) is 26.5. The highest BCUT2D eigenvalue weighted by Gasteiger charge is 2.44. The second-order valence-corrected chi connectivity index (χ2v) is 10.6. The smallest absolute Gasteiger partial charge is 0.320 e. The normalized spacial score (nSPS) is 18.1. The van der Waals surface area contributed by atoms with Crippen LogP contribution in [0, 0.1) is 6.92 Å². The summed E-state index contributed by atoms with van der Waals surface area (Å²) in [7, 11) is 0. The van der Waals surface area contributed by atoms with Crippen LogP contribution in [0.3, 0.4) is 0 Å². The lowest BCUT2D eigenvalue weighted by Gasteiger charge is -2.44. The van der Waals surface area contributed by atoms with Gasteiger partial charge in [0.2, 0.25) is 5.91 Å². The van der Waals surface area contributed by atoms with E-state index in [0.29, 0.717) is 39.0 Å². The Bertz CT molecular complexity index is 1230. The number of nitrogens with one attached hydrogen (secondary N) is 1. The van der Waals surface area contributed by atoms with Crippen molar-refractivity contribution >= 4 is 17.6 Å². The van der Waals surface area contributed by atoms with E-state index in [9.17, 15) is 9.59 Å². The number of carbonyl (C=O) groups is 2. The Balaban J connectivity index is 1.24. The number of carbonyl (C=O) groups excluding carboxylic acids is 2. The standard InChI is InChI=1S/C32H38N4O2/c1-25-10-9-15-29(24-25)34-20-22-36(23-21-34)31(38)35-18-16-32(17-19-35,28-13-7-4-8-14-28)30(37)33-26(2)27-11-5-3-6-12-27/h3-15,24,26H,16-23H2,1-2H3,(H,33,37)/t26-/m0/s1. The molecule has 3 aromatic carbocycles. The highest BCUT2D eigenvalue weighted by Crippen LogP contribution is 2.37. The zero-order valence-corrected chi connectivity index (χ0v) is 22.5. The summed E-state index contributed by atoms with van der Waals surface area (Å²) in [5.41, 5.74) is 3.93. The average molecular weight is 511 g/mol. The fraction of sp³-hybridized carbons (Fsp3) is 0.375. The Kier molecular flexibility index (Phi) is 7.68. The molecule has 0 aromatic heterocycles. The molecule has 38 heavy (non-hydrogen) atoms. The molecule has 0 unspecified atom stereocenters. The van der Waals surface area contributed by atoms with Crippen LogP contribution in [0.5, 0.6) is 0 Å². The number of hydrogen-bond donors (Lipinski definition) is 1. The molecule has 2 fully saturated rings. The van der Waals surface area contributed by atoms with Crippen molar-refractivity contribution in [3.63, 3.8) is 0 Å². The van der Waals surface area contributed by atoms with Crippen molar-refractivity contribution in [3.8, 4) is 0 Å². The Hall–Kier alpha value is -3.80. The molecule has 3 amide bonds. The molecule has 0 spiro atoms. The third-order valence-electron chi connectivity index (χ3n) is 8.21. The molecule has 198 valence electrons. The number of benzene rings is 3. The minimum Gasteiger partial charge on any atom is -0.368 e. The van der Waals surface area contributed by atoms with E-state index in [1.807, 2.05) is 65.3 Å². The molecule has 1 N–H and O–H groups in total. The van der Waals surface area contributed by atoms with Crippen LogP contribution in [-0.4, -0.2) is 61.0 Å². The molecule has 0 bridgehead atoms. The number of piperidine rings is 1. The SMILES string of the molecule is Cc1cccc(N2CCN(C(=O)N3CCC(C(=O)N[C@@H](C)c4ccccc4)(c4ccccc4)CC3)CC2)c1. The molecule has 0 saturated carbocycles. The van der Waals surface area contributed by atoms with Crippen LogP contribution in [-0.2, 0) is 10.2 Å². The summed E-state index contributed by atoms with van der Waals surface area (Å²) in [6.07, 6.45) is 1.22. The first-order valence-corrected chi connectivity index (χ1v) is 13.7. The second-order valence-electron chi connectivity index (χ2n) is 10.6. The van der Waals surface area contributed by atoms with Crippen LogP contribution in [0.15, 0.2) is 84.9 Å². The quantitative estimate of drug-likeness (QED) is 0.517. The Morgan fingerprint density at radius 1 is 0.763 bits per heavy atom. The van der Waals surface area contributed by atoms with Crippen LogP contribution in [0.2, 0.25) is 0 Å². The molecule has 6 heteroatoms. The van der Waals surface area contributed by atoms with E-state index in [2.05, 4.69) is 53.5 Å². The molecule has 3 aromatic rings. The third-order valence-corrected chi connectivity index (χ3v) is 8.21. The van der Waals surface area contributed by atoms with Gasteiger partial charge >= 0.3 is 6.03 Å². The average Bonchev–Trinajstić information content (AvgIpc) is 2.98. The fourth-order valence-corrected chi connectivity index (χ4v) is 5.82. The Morgan fingerprint density at radius 2 is 1.37 bits per heavy atom. The van der Waals surface area contributed by atoms with Gasteiger partial charge in [0.1, 0.15) is 0 Å². The van der Waals surface area contributed by atoms with Gasteiger partial charge in [-0.05, 0) is 55.5 Å². The summed E-state index contributed by atoms with van der Waals surface area (Å²) in [4.78, 5) is 33.6. The van der Waals surface area contributed by atoms with Crippen molar-refractivity contribution in [1.82, 2.24) is 15.1 Å². The van der Waals surface area contributed by atoms with Crippen LogP contribution in [0.1, 0.15) is 42.5 Å². The van der Waals surface area contributed by atoms with Crippen LogP contribution in [0.4, 0.5) is 10.5 Å². The largest absolute Gasteiger partial charge is 0.368 e. The summed E-state index contributed by atoms with van der Waals surface area (Å²) in [6, 6.07) is 28.7. The summed E-state index contributed by atoms with van der Waals surface area (Å²) in [5, 5.41) is 3.28. The summed E-state index contributed by atoms with van der Waals surface area (Å²) in [6.45, 7) is 8.36. The van der Waals surface area contributed by atoms with Gasteiger partial charge in [-0.25, -0.2) is 4.79 Å². The summed E-state index contributed by atoms with van der Waals surface area (Å²) in [5.74, 6) is 0.0407. The monoisotopic (exact) mass is 510 g/mol. The summed E-state index contributed by atoms with van der Waals surface area (Å²) < 4.78 is 0. The van der Waals surface area contributed by atoms with E-state index in [0.717, 1.165) is 24.2 Å². The first-order valence-electron chi connectivity index (χ1n) is 13.7. The Labute approximate surface area is 226 Å². The lowest BCUT2D eigenvalue weighted by atomic mass is 9.71. The number of likely N-dealkylation sites (tertiary alicyclic amines) is 1. The molecule has 1 atom stereocenters. The molecule has 2 heterocycles. The number of nitrogens with zero attached hydrogens (tertiary/aromatic N) is 3. The number of amides is 3. The molecule has 0 radical (unpaired) electrons. The third kappa shape index (κ3) is 5.40. The molecule has 0 aliphatic carbocycles. The summed E-state index contributed by atoms with van der Waals surface area (Å²) >= 11 is 0. The minimum atomic E-state index is -0.648. The number of rotatable bonds is 5. The van der Waals surface area contributed by atoms with Gasteiger partial charge in [-0.1, -0.05) is 72.8 Å². The lowest BCUT2D eigenvalue weighted by molar-refractivity contribution is -0.129. The lowest BCUT2D eigenvalue weighted by Crippen LogP contribution is -2.57. The van der Waals surface area contributed by atoms with Crippen LogP contribution in [0.25, 0.3) is 0 Å². The molecule has 2 aliphatic heterocycles. The number of hydrogen-bond acceptors (Lipinski definition) is 3. The van der Waals surface area contributed by atoms with E-state index in [-0.39, 0.29) is 18.0 Å². The van der Waals surface area contributed by atoms with E-state index in [4.69, 9.17) is 0 Å². The van der Waals surface area contributed by atoms with Crippen LogP contribution >= 0.6 is 0 Å². The van der Waals surface area contributed by atoms with E-state index < -0.39 is 5.41 Å². The number of aryl methyl sites for hydroxylation is 1. The molecule has 5 rings (SSSR count). The molecule has 2 saturated heterocycles. The number of piperazine rings is 1. The van der Waals surface area contributed by atoms with Gasteiger partial charge in [0, 0.05) is 45.0 Å². The van der Waals surface area contributed by atoms with Gasteiger partial charge in [0.25, 0.3) is 0 Å². The van der Waals surface area contributed by atoms with Crippen molar-refractivity contribution < 1.29 is 9.59 Å². The van der Waals surface area contributed by atoms with Crippen molar-refractivity contribution in [2.75, 3.05) is 44.2 Å². The first-order chi connectivity index (χ1) is 18.5. The van der Waals surface area contributed by atoms with Crippen LogP contribution < -0.4 is 10.2 Å². The van der Waals surface area contributed by atoms with Crippen molar-refractivity contribution in [2.24, 2.45) is 0 Å². The maximum atomic E-state index is 13.8. The molecular weight excluding hydrogens is 472 g/mol. The molecule has 2 aliphatic rings. The zero-order valence-electron chi connectivity index (χ0n) is 22.5. The molecular formula is C32H38N4O2. The van der Waals surface area contributed by atoms with Crippen molar-refractivity contribution in [3.05, 3.63) is 102 Å². The number of urea groups is 1. The van der Waals surface area contributed by atoms with Gasteiger partial charge in [-0.3, -0.25) is 4.79 Å². The maximum Gasteiger partial charge on any atom is 0.320 e. The van der Waals surface area contributed by atoms with Gasteiger partial charge < -0.3 is 20.0 Å². The Morgan fingerprint density at radius 3 is 2.00 bits per heavy atom. The van der Waals surface area contributed by atoms with Crippen molar-refractivity contribution in [2.45, 2.75) is 38.1 Å². The van der Waals surface area contributed by atoms with E-state index >= 15 is 0 Å². The maximum absolute atomic E-state index is 13.8. The van der Waals surface area contributed by atoms with Gasteiger partial charge in [-0.2, -0.15) is 0 Å². The van der Waals surface area contributed by atoms with Gasteiger partial charge in [0.15, 0.2) is 0 Å². The first kappa shape index (κ1) is 25.8. The second kappa shape index (κ2) is 11.3. The minimum absolute atomic E-state index is 0.0407. The predicted molar refractivity (Wildman–Crippen MR) is 152 cm³/mol. The van der Waals surface area contributed by atoms with Gasteiger partial charge in [0.05, 0.1) is 11.5 Å². The predicted octanol–water partition coefficient (Wildman–Crippen LogP) is 5.15. The highest BCUT2D eigenvalue weighted by atomic mass is 16.2. The fourth-order valence-electron chi connectivity index (χ4n) is 5.82. The van der Waals surface area contributed by atoms with E-state index in [1.54, 1.807) is 0 Å². The molecule has 6 nitrogen and oxygen atoms in total. The number of anilines is 1. The van der Waals surface area contributed by atoms with Gasteiger partial charge in [-0.15, -0.1) is 0 Å². The topological polar surface area (TPSA) is 55.9 Å². The highest BCUT2D eigenvalue weighted by molar-refractivity contribution is 5.89. The van der Waals surface area contributed by atoms with E-state index in [1.165, 1.54) is 11.3 Å². The van der Waals surface area contributed by atoms with Crippen molar-refractivity contribution in [1.29, 1.82) is 0 Å².